The standard InChI is InChI=1S/C16H14O4/c1-18-10-3-5-12-14(7-10)19-8-13-11-4-2-9(17)6-15(11)20-16(12)13/h2-7,13,16-17H,8H2,1H3/t13-,16+/m0/s1. The zero-order chi connectivity index (χ0) is 13.7. The number of phenols is 1. The monoisotopic (exact) mass is 270 g/mol. The van der Waals surface area contributed by atoms with Gasteiger partial charge in [0.25, 0.3) is 0 Å². The summed E-state index contributed by atoms with van der Waals surface area (Å²) in [6, 6.07) is 11.0. The van der Waals surface area contributed by atoms with Crippen LogP contribution >= 0.6 is 0 Å². The van der Waals surface area contributed by atoms with Crippen LogP contribution in [-0.2, 0) is 0 Å². The Hall–Kier alpha value is -2.36. The van der Waals surface area contributed by atoms with Gasteiger partial charge in [-0.1, -0.05) is 6.07 Å². The first kappa shape index (κ1) is 11.5. The summed E-state index contributed by atoms with van der Waals surface area (Å²) in [6.45, 7) is 0.572. The van der Waals surface area contributed by atoms with E-state index in [1.165, 1.54) is 0 Å². The highest BCUT2D eigenvalue weighted by molar-refractivity contribution is 5.52. The van der Waals surface area contributed by atoms with Crippen LogP contribution in [0.2, 0.25) is 0 Å². The van der Waals surface area contributed by atoms with Crippen molar-refractivity contribution in [3.63, 3.8) is 0 Å². The second-order valence-electron chi connectivity index (χ2n) is 5.08. The van der Waals surface area contributed by atoms with E-state index in [-0.39, 0.29) is 17.8 Å². The van der Waals surface area contributed by atoms with Crippen molar-refractivity contribution in [2.45, 2.75) is 12.0 Å². The van der Waals surface area contributed by atoms with Gasteiger partial charge in [0.2, 0.25) is 0 Å². The predicted molar refractivity (Wildman–Crippen MR) is 72.7 cm³/mol. The molecule has 2 aliphatic heterocycles. The smallest absolute Gasteiger partial charge is 0.138 e. The lowest BCUT2D eigenvalue weighted by atomic mass is 9.89. The van der Waals surface area contributed by atoms with E-state index in [4.69, 9.17) is 14.2 Å². The normalized spacial score (nSPS) is 22.1. The van der Waals surface area contributed by atoms with Gasteiger partial charge in [0.15, 0.2) is 0 Å². The largest absolute Gasteiger partial charge is 0.508 e. The summed E-state index contributed by atoms with van der Waals surface area (Å²) in [5, 5.41) is 9.57. The van der Waals surface area contributed by atoms with Crippen LogP contribution in [0.3, 0.4) is 0 Å². The number of aromatic hydroxyl groups is 1. The summed E-state index contributed by atoms with van der Waals surface area (Å²) < 4.78 is 17.1. The fourth-order valence-electron chi connectivity index (χ4n) is 2.95. The van der Waals surface area contributed by atoms with Crippen LogP contribution in [0.15, 0.2) is 36.4 Å². The van der Waals surface area contributed by atoms with Crippen molar-refractivity contribution in [3.8, 4) is 23.0 Å². The molecule has 0 radical (unpaired) electrons. The topological polar surface area (TPSA) is 47.9 Å². The molecule has 0 aliphatic carbocycles. The average molecular weight is 270 g/mol. The molecular formula is C16H14O4. The molecule has 0 saturated carbocycles. The number of phenolic OH excluding ortho intramolecular Hbond substituents is 1. The number of fused-ring (bicyclic) bond motifs is 5. The van der Waals surface area contributed by atoms with Crippen molar-refractivity contribution in [2.24, 2.45) is 0 Å². The summed E-state index contributed by atoms with van der Waals surface area (Å²) in [5.41, 5.74) is 2.12. The fourth-order valence-corrected chi connectivity index (χ4v) is 2.95. The molecule has 2 aromatic rings. The molecule has 0 aromatic heterocycles. The number of ether oxygens (including phenoxy) is 3. The lowest BCUT2D eigenvalue weighted by Crippen LogP contribution is -2.23. The van der Waals surface area contributed by atoms with E-state index < -0.39 is 0 Å². The van der Waals surface area contributed by atoms with Gasteiger partial charge >= 0.3 is 0 Å². The van der Waals surface area contributed by atoms with Crippen molar-refractivity contribution in [3.05, 3.63) is 47.5 Å². The Morgan fingerprint density at radius 1 is 1.10 bits per heavy atom. The third-order valence-electron chi connectivity index (χ3n) is 3.96. The predicted octanol–water partition coefficient (Wildman–Crippen LogP) is 3.01. The maximum atomic E-state index is 9.57. The van der Waals surface area contributed by atoms with Gasteiger partial charge in [-0.15, -0.1) is 0 Å². The molecule has 0 fully saturated rings. The molecule has 0 saturated heterocycles. The maximum Gasteiger partial charge on any atom is 0.138 e. The minimum atomic E-state index is -0.0542. The summed E-state index contributed by atoms with van der Waals surface area (Å²) in [7, 11) is 1.64. The van der Waals surface area contributed by atoms with E-state index in [0.29, 0.717) is 6.61 Å². The van der Waals surface area contributed by atoms with Crippen LogP contribution < -0.4 is 14.2 Å². The Balaban J connectivity index is 1.77. The molecule has 2 aromatic carbocycles. The molecule has 4 rings (SSSR count). The first-order chi connectivity index (χ1) is 9.76. The molecule has 0 bridgehead atoms. The molecule has 0 amide bonds. The second kappa shape index (κ2) is 4.07. The van der Waals surface area contributed by atoms with Crippen molar-refractivity contribution in [1.82, 2.24) is 0 Å². The van der Waals surface area contributed by atoms with Crippen molar-refractivity contribution >= 4 is 0 Å². The molecule has 4 heteroatoms. The van der Waals surface area contributed by atoms with Crippen molar-refractivity contribution in [1.29, 1.82) is 0 Å². The molecule has 0 unspecified atom stereocenters. The van der Waals surface area contributed by atoms with Gasteiger partial charge in [0.1, 0.15) is 29.1 Å². The third kappa shape index (κ3) is 1.54. The highest BCUT2D eigenvalue weighted by atomic mass is 16.5. The maximum absolute atomic E-state index is 9.57. The molecule has 2 aliphatic rings. The average Bonchev–Trinajstić information content (AvgIpc) is 2.84. The number of rotatable bonds is 1. The minimum Gasteiger partial charge on any atom is -0.508 e. The van der Waals surface area contributed by atoms with E-state index in [2.05, 4.69) is 0 Å². The zero-order valence-corrected chi connectivity index (χ0v) is 11.0. The van der Waals surface area contributed by atoms with E-state index >= 15 is 0 Å². The van der Waals surface area contributed by atoms with Crippen molar-refractivity contribution in [2.75, 3.05) is 13.7 Å². The van der Waals surface area contributed by atoms with E-state index in [1.54, 1.807) is 19.2 Å². The first-order valence-electron chi connectivity index (χ1n) is 6.56. The Morgan fingerprint density at radius 2 is 1.95 bits per heavy atom. The van der Waals surface area contributed by atoms with Crippen LogP contribution in [0.4, 0.5) is 0 Å². The van der Waals surface area contributed by atoms with E-state index in [9.17, 15) is 5.11 Å². The van der Waals surface area contributed by atoms with Crippen LogP contribution in [0.5, 0.6) is 23.0 Å². The molecule has 2 atom stereocenters. The minimum absolute atomic E-state index is 0.0542. The SMILES string of the molecule is COc1ccc2c(c1)OC[C@H]1c3ccc(O)cc3O[C@H]21. The molecule has 4 nitrogen and oxygen atoms in total. The third-order valence-corrected chi connectivity index (χ3v) is 3.96. The summed E-state index contributed by atoms with van der Waals surface area (Å²) in [4.78, 5) is 0. The fraction of sp³-hybridized carbons (Fsp3) is 0.250. The Morgan fingerprint density at radius 3 is 2.80 bits per heavy atom. The van der Waals surface area contributed by atoms with E-state index in [1.807, 2.05) is 24.3 Å². The van der Waals surface area contributed by atoms with Crippen LogP contribution in [0, 0.1) is 0 Å². The summed E-state index contributed by atoms with van der Waals surface area (Å²) >= 11 is 0. The molecule has 20 heavy (non-hydrogen) atoms. The van der Waals surface area contributed by atoms with Crippen LogP contribution in [-0.4, -0.2) is 18.8 Å². The van der Waals surface area contributed by atoms with Gasteiger partial charge < -0.3 is 19.3 Å². The summed E-state index contributed by atoms with van der Waals surface area (Å²) in [6.07, 6.45) is -0.0542. The van der Waals surface area contributed by atoms with Crippen molar-refractivity contribution < 1.29 is 19.3 Å². The van der Waals surface area contributed by atoms with Gasteiger partial charge in [0.05, 0.1) is 19.6 Å². The molecule has 0 spiro atoms. The lowest BCUT2D eigenvalue weighted by molar-refractivity contribution is 0.139. The van der Waals surface area contributed by atoms with Gasteiger partial charge in [-0.3, -0.25) is 0 Å². The van der Waals surface area contributed by atoms with E-state index in [0.717, 1.165) is 28.4 Å². The first-order valence-corrected chi connectivity index (χ1v) is 6.56. The number of hydrogen-bond donors (Lipinski definition) is 1. The van der Waals surface area contributed by atoms with Gasteiger partial charge in [-0.25, -0.2) is 0 Å². The highest BCUT2D eigenvalue weighted by Gasteiger charge is 2.40. The van der Waals surface area contributed by atoms with Gasteiger partial charge in [-0.2, -0.15) is 0 Å². The van der Waals surface area contributed by atoms with Gasteiger partial charge in [-0.05, 0) is 18.2 Å². The molecule has 2 heterocycles. The molecular weight excluding hydrogens is 256 g/mol. The number of benzene rings is 2. The highest BCUT2D eigenvalue weighted by Crippen LogP contribution is 2.51. The van der Waals surface area contributed by atoms with Crippen LogP contribution in [0.1, 0.15) is 23.1 Å². The Bertz CT molecular complexity index is 680. The number of methoxy groups -OCH3 is 1. The number of hydrogen-bond acceptors (Lipinski definition) is 4. The second-order valence-corrected chi connectivity index (χ2v) is 5.08. The Labute approximate surface area is 116 Å². The van der Waals surface area contributed by atoms with Gasteiger partial charge in [0, 0.05) is 23.3 Å². The quantitative estimate of drug-likeness (QED) is 0.865. The lowest BCUT2D eigenvalue weighted by Gasteiger charge is -2.28. The van der Waals surface area contributed by atoms with Crippen LogP contribution in [0.25, 0.3) is 0 Å². The zero-order valence-electron chi connectivity index (χ0n) is 11.0. The molecule has 1 N–H and O–H groups in total. The summed E-state index contributed by atoms with van der Waals surface area (Å²) in [5.74, 6) is 2.72. The molecule has 102 valence electrons. The Kier molecular flexibility index (Phi) is 2.33.